The molecule has 1 amide bonds. The van der Waals surface area contributed by atoms with Crippen LogP contribution >= 0.6 is 12.2 Å². The lowest BCUT2D eigenvalue weighted by Crippen LogP contribution is -2.56. The molecule has 0 bridgehead atoms. The van der Waals surface area contributed by atoms with Gasteiger partial charge >= 0.3 is 0 Å². The fraction of sp³-hybridized carbons (Fsp3) is 0.833. The summed E-state index contributed by atoms with van der Waals surface area (Å²) < 4.78 is 23.1. The Morgan fingerprint density at radius 1 is 1.42 bits per heavy atom. The van der Waals surface area contributed by atoms with E-state index in [1.807, 2.05) is 13.8 Å². The number of nitrogens with one attached hydrogen (secondary N) is 1. The Balaban J connectivity index is 2.93. The van der Waals surface area contributed by atoms with Gasteiger partial charge in [-0.3, -0.25) is 4.79 Å². The summed E-state index contributed by atoms with van der Waals surface area (Å²) in [7, 11) is -3.06. The number of thiocarbonyl (C=S) groups is 1. The maximum Gasteiger partial charge on any atom is 0.233 e. The minimum absolute atomic E-state index is 0.0212. The van der Waals surface area contributed by atoms with E-state index >= 15 is 0 Å². The molecule has 1 saturated heterocycles. The molecule has 3 N–H and O–H groups in total. The van der Waals surface area contributed by atoms with Crippen molar-refractivity contribution < 1.29 is 13.2 Å². The van der Waals surface area contributed by atoms with Gasteiger partial charge in [-0.15, -0.1) is 0 Å². The van der Waals surface area contributed by atoms with E-state index in [9.17, 15) is 13.2 Å². The molecular weight excluding hydrogens is 284 g/mol. The standard InChI is InChI=1S/C12H22N2O3S2/c1-4-12(5-2,9(13)18)10(15)14-11(3)6-7-19(16,17)8-11/h4-8H2,1-3H3,(H2,13,18)(H,14,15). The smallest absolute Gasteiger partial charge is 0.233 e. The topological polar surface area (TPSA) is 89.3 Å². The van der Waals surface area contributed by atoms with E-state index in [0.717, 1.165) is 0 Å². The van der Waals surface area contributed by atoms with Gasteiger partial charge in [-0.25, -0.2) is 8.42 Å². The molecule has 0 aromatic carbocycles. The Bertz CT molecular complexity index is 483. The third kappa shape index (κ3) is 3.25. The first kappa shape index (κ1) is 16.4. The van der Waals surface area contributed by atoms with Crippen LogP contribution in [0.25, 0.3) is 0 Å². The average molecular weight is 306 g/mol. The molecule has 0 saturated carbocycles. The number of nitrogens with two attached hydrogens (primary N) is 1. The largest absolute Gasteiger partial charge is 0.392 e. The van der Waals surface area contributed by atoms with E-state index in [1.165, 1.54) is 0 Å². The molecule has 1 atom stereocenters. The van der Waals surface area contributed by atoms with Gasteiger partial charge in [0, 0.05) is 0 Å². The van der Waals surface area contributed by atoms with Crippen molar-refractivity contribution in [3.8, 4) is 0 Å². The third-order valence-corrected chi connectivity index (χ3v) is 6.33. The number of amides is 1. The van der Waals surface area contributed by atoms with Gasteiger partial charge in [0.1, 0.15) is 0 Å². The molecule has 0 spiro atoms. The zero-order valence-corrected chi connectivity index (χ0v) is 13.3. The van der Waals surface area contributed by atoms with Crippen molar-refractivity contribution in [3.05, 3.63) is 0 Å². The summed E-state index contributed by atoms with van der Waals surface area (Å²) in [5.41, 5.74) is 4.12. The van der Waals surface area contributed by atoms with Crippen molar-refractivity contribution in [1.82, 2.24) is 5.32 Å². The van der Waals surface area contributed by atoms with Crippen LogP contribution in [0.2, 0.25) is 0 Å². The second-order valence-corrected chi connectivity index (χ2v) is 8.13. The van der Waals surface area contributed by atoms with Gasteiger partial charge in [0.05, 0.1) is 27.4 Å². The Hall–Kier alpha value is -0.690. The van der Waals surface area contributed by atoms with Crippen LogP contribution in [0, 0.1) is 5.41 Å². The van der Waals surface area contributed by atoms with Gasteiger partial charge in [0.15, 0.2) is 9.84 Å². The number of carbonyl (C=O) groups excluding carboxylic acids is 1. The molecule has 0 aromatic rings. The summed E-state index contributed by atoms with van der Waals surface area (Å²) in [5, 5.41) is 2.85. The van der Waals surface area contributed by atoms with Gasteiger partial charge in [-0.1, -0.05) is 26.1 Å². The molecular formula is C12H22N2O3S2. The van der Waals surface area contributed by atoms with Crippen LogP contribution in [0.5, 0.6) is 0 Å². The van der Waals surface area contributed by atoms with Crippen molar-refractivity contribution in [2.45, 2.75) is 45.6 Å². The zero-order valence-electron chi connectivity index (χ0n) is 11.7. The Kier molecular flexibility index (Phi) is 4.62. The minimum atomic E-state index is -3.06. The molecule has 110 valence electrons. The number of rotatable bonds is 5. The zero-order chi connectivity index (χ0) is 14.9. The van der Waals surface area contributed by atoms with Crippen LogP contribution in [0.15, 0.2) is 0 Å². The number of hydrogen-bond acceptors (Lipinski definition) is 4. The second-order valence-electron chi connectivity index (χ2n) is 5.51. The highest BCUT2D eigenvalue weighted by molar-refractivity contribution is 7.91. The van der Waals surface area contributed by atoms with Crippen molar-refractivity contribution in [3.63, 3.8) is 0 Å². The molecule has 1 aliphatic rings. The highest BCUT2D eigenvalue weighted by Crippen LogP contribution is 2.30. The summed E-state index contributed by atoms with van der Waals surface area (Å²) in [5.74, 6) is -0.168. The van der Waals surface area contributed by atoms with E-state index in [-0.39, 0.29) is 22.4 Å². The Labute approximate surface area is 120 Å². The molecule has 1 fully saturated rings. The molecule has 0 aliphatic carbocycles. The Morgan fingerprint density at radius 2 is 1.95 bits per heavy atom. The molecule has 0 radical (unpaired) electrons. The van der Waals surface area contributed by atoms with E-state index in [0.29, 0.717) is 19.3 Å². The summed E-state index contributed by atoms with van der Waals surface area (Å²) in [4.78, 5) is 12.6. The molecule has 1 heterocycles. The molecule has 1 rings (SSSR count). The van der Waals surface area contributed by atoms with Crippen molar-refractivity contribution in [1.29, 1.82) is 0 Å². The lowest BCUT2D eigenvalue weighted by molar-refractivity contribution is -0.129. The SMILES string of the molecule is CCC(CC)(C(=O)NC1(C)CCS(=O)(=O)C1)C(N)=S. The van der Waals surface area contributed by atoms with Crippen molar-refractivity contribution in [2.24, 2.45) is 11.1 Å². The van der Waals surface area contributed by atoms with Crippen LogP contribution in [0.1, 0.15) is 40.0 Å². The number of hydrogen-bond donors (Lipinski definition) is 2. The molecule has 1 unspecified atom stereocenters. The van der Waals surface area contributed by atoms with E-state index in [2.05, 4.69) is 5.32 Å². The first-order valence-corrected chi connectivity index (χ1v) is 8.67. The van der Waals surface area contributed by atoms with E-state index < -0.39 is 20.8 Å². The normalized spacial score (nSPS) is 26.1. The molecule has 0 aromatic heterocycles. The molecule has 19 heavy (non-hydrogen) atoms. The van der Waals surface area contributed by atoms with Crippen LogP contribution in [0.4, 0.5) is 0 Å². The van der Waals surface area contributed by atoms with Crippen molar-refractivity contribution in [2.75, 3.05) is 11.5 Å². The van der Waals surface area contributed by atoms with Gasteiger partial charge < -0.3 is 11.1 Å². The molecule has 5 nitrogen and oxygen atoms in total. The van der Waals surface area contributed by atoms with Crippen LogP contribution in [0.3, 0.4) is 0 Å². The highest BCUT2D eigenvalue weighted by Gasteiger charge is 2.45. The quantitative estimate of drug-likeness (QED) is 0.732. The summed E-state index contributed by atoms with van der Waals surface area (Å²) in [6.07, 6.45) is 1.45. The predicted octanol–water partition coefficient (Wildman–Crippen LogP) is 0.772. The van der Waals surface area contributed by atoms with Crippen LogP contribution in [-0.2, 0) is 14.6 Å². The number of sulfone groups is 1. The first-order valence-electron chi connectivity index (χ1n) is 6.44. The average Bonchev–Trinajstić information content (AvgIpc) is 2.54. The van der Waals surface area contributed by atoms with Crippen molar-refractivity contribution >= 4 is 33.0 Å². The van der Waals surface area contributed by atoms with Gasteiger partial charge in [0.25, 0.3) is 0 Å². The molecule has 1 aliphatic heterocycles. The first-order chi connectivity index (χ1) is 8.61. The summed E-state index contributed by atoms with van der Waals surface area (Å²) in [6, 6.07) is 0. The van der Waals surface area contributed by atoms with E-state index in [1.54, 1.807) is 6.92 Å². The highest BCUT2D eigenvalue weighted by atomic mass is 32.2. The van der Waals surface area contributed by atoms with Gasteiger partial charge in [-0.05, 0) is 26.2 Å². The second kappa shape index (κ2) is 5.36. The minimum Gasteiger partial charge on any atom is -0.392 e. The summed E-state index contributed by atoms with van der Waals surface area (Å²) >= 11 is 5.02. The fourth-order valence-electron chi connectivity index (χ4n) is 2.53. The Morgan fingerprint density at radius 3 is 2.26 bits per heavy atom. The molecule has 7 heteroatoms. The maximum atomic E-state index is 12.5. The van der Waals surface area contributed by atoms with Gasteiger partial charge in [-0.2, -0.15) is 0 Å². The lowest BCUT2D eigenvalue weighted by Gasteiger charge is -2.34. The number of carbonyl (C=O) groups is 1. The van der Waals surface area contributed by atoms with Gasteiger partial charge in [0.2, 0.25) is 5.91 Å². The third-order valence-electron chi connectivity index (χ3n) is 4.03. The maximum absolute atomic E-state index is 12.5. The van der Waals surface area contributed by atoms with Crippen LogP contribution in [-0.4, -0.2) is 36.4 Å². The summed E-state index contributed by atoms with van der Waals surface area (Å²) in [6.45, 7) is 5.47. The lowest BCUT2D eigenvalue weighted by atomic mass is 9.80. The fourth-order valence-corrected chi connectivity index (χ4v) is 5.01. The van der Waals surface area contributed by atoms with E-state index in [4.69, 9.17) is 18.0 Å². The predicted molar refractivity (Wildman–Crippen MR) is 79.6 cm³/mol. The van der Waals surface area contributed by atoms with Crippen LogP contribution < -0.4 is 11.1 Å². The monoisotopic (exact) mass is 306 g/mol.